The van der Waals surface area contributed by atoms with Gasteiger partial charge in [0.2, 0.25) is 0 Å². The van der Waals surface area contributed by atoms with E-state index in [1.807, 2.05) is 19.2 Å². The Labute approximate surface area is 108 Å². The first-order valence-corrected chi connectivity index (χ1v) is 6.79. The summed E-state index contributed by atoms with van der Waals surface area (Å²) in [6.07, 6.45) is 5.27. The zero-order chi connectivity index (χ0) is 13.0. The molecule has 0 spiro atoms. The molecule has 0 saturated heterocycles. The van der Waals surface area contributed by atoms with Crippen molar-refractivity contribution in [3.05, 3.63) is 35.6 Å². The Hall–Kier alpha value is -0.930. The summed E-state index contributed by atoms with van der Waals surface area (Å²) in [6, 6.07) is 6.85. The summed E-state index contributed by atoms with van der Waals surface area (Å²) >= 11 is 0. The van der Waals surface area contributed by atoms with Crippen molar-refractivity contribution in [3.8, 4) is 0 Å². The van der Waals surface area contributed by atoms with Gasteiger partial charge >= 0.3 is 0 Å². The largest absolute Gasteiger partial charge is 0.391 e. The number of aliphatic hydroxyl groups excluding tert-OH is 1. The second-order valence-corrected chi connectivity index (χ2v) is 5.31. The highest BCUT2D eigenvalue weighted by Crippen LogP contribution is 2.22. The lowest BCUT2D eigenvalue weighted by molar-refractivity contribution is 0.0543. The van der Waals surface area contributed by atoms with Gasteiger partial charge in [0.25, 0.3) is 0 Å². The maximum absolute atomic E-state index is 12.8. The Kier molecular flexibility index (Phi) is 4.72. The smallest absolute Gasteiger partial charge is 0.123 e. The van der Waals surface area contributed by atoms with E-state index in [1.165, 1.54) is 25.0 Å². The Morgan fingerprint density at radius 2 is 1.83 bits per heavy atom. The van der Waals surface area contributed by atoms with Crippen LogP contribution in [0.4, 0.5) is 4.39 Å². The quantitative estimate of drug-likeness (QED) is 0.835. The van der Waals surface area contributed by atoms with Gasteiger partial charge in [-0.2, -0.15) is 0 Å². The molecule has 0 heterocycles. The number of nitrogens with zero attached hydrogens (tertiary/aromatic N) is 1. The predicted octanol–water partition coefficient (Wildman–Crippen LogP) is 2.95. The molecule has 0 bridgehead atoms. The zero-order valence-electron chi connectivity index (χ0n) is 11.0. The molecule has 2 rings (SSSR count). The molecule has 1 aliphatic carbocycles. The number of hydrogen-bond donors (Lipinski definition) is 1. The molecular weight excluding hydrogens is 229 g/mol. The van der Waals surface area contributed by atoms with Gasteiger partial charge in [-0.15, -0.1) is 0 Å². The van der Waals surface area contributed by atoms with Crippen LogP contribution in [0.5, 0.6) is 0 Å². The van der Waals surface area contributed by atoms with Crippen LogP contribution >= 0.6 is 0 Å². The highest BCUT2D eigenvalue weighted by Gasteiger charge is 2.25. The van der Waals surface area contributed by atoms with E-state index in [0.717, 1.165) is 31.4 Å². The van der Waals surface area contributed by atoms with Crippen LogP contribution in [0.15, 0.2) is 24.3 Å². The molecule has 1 aromatic carbocycles. The van der Waals surface area contributed by atoms with Crippen molar-refractivity contribution in [3.63, 3.8) is 0 Å². The molecule has 1 saturated carbocycles. The van der Waals surface area contributed by atoms with Gasteiger partial charge < -0.3 is 5.11 Å². The van der Waals surface area contributed by atoms with E-state index < -0.39 is 0 Å². The van der Waals surface area contributed by atoms with E-state index >= 15 is 0 Å². The van der Waals surface area contributed by atoms with Crippen LogP contribution in [-0.2, 0) is 6.54 Å². The SMILES string of the molecule is CN(Cc1ccc(F)cc1)C1CCCCCC1O. The lowest BCUT2D eigenvalue weighted by Gasteiger charge is -2.30. The van der Waals surface area contributed by atoms with Crippen molar-refractivity contribution in [2.75, 3.05) is 7.05 Å². The lowest BCUT2D eigenvalue weighted by atomic mass is 10.0. The Bertz CT molecular complexity index is 365. The summed E-state index contributed by atoms with van der Waals surface area (Å²) in [5.74, 6) is -0.198. The van der Waals surface area contributed by atoms with Gasteiger partial charge in [-0.3, -0.25) is 4.90 Å². The number of halogens is 1. The molecule has 1 aliphatic rings. The molecule has 2 atom stereocenters. The minimum atomic E-state index is -0.224. The second-order valence-electron chi connectivity index (χ2n) is 5.31. The fourth-order valence-electron chi connectivity index (χ4n) is 2.78. The first-order chi connectivity index (χ1) is 8.66. The number of rotatable bonds is 3. The van der Waals surface area contributed by atoms with Crippen LogP contribution in [0.3, 0.4) is 0 Å². The van der Waals surface area contributed by atoms with Crippen LogP contribution in [0.2, 0.25) is 0 Å². The molecule has 1 aromatic rings. The van der Waals surface area contributed by atoms with Gasteiger partial charge in [-0.05, 0) is 37.6 Å². The van der Waals surface area contributed by atoms with Gasteiger partial charge in [0, 0.05) is 12.6 Å². The molecule has 0 aliphatic heterocycles. The standard InChI is InChI=1S/C15H22FNO/c1-17(11-12-7-9-13(16)10-8-12)14-5-3-2-4-6-15(14)18/h7-10,14-15,18H,2-6,11H2,1H3. The van der Waals surface area contributed by atoms with Crippen molar-refractivity contribution in [1.82, 2.24) is 4.90 Å². The molecule has 1 fully saturated rings. The van der Waals surface area contributed by atoms with E-state index in [9.17, 15) is 9.50 Å². The number of benzene rings is 1. The van der Waals surface area contributed by atoms with Crippen LogP contribution in [0, 0.1) is 5.82 Å². The lowest BCUT2D eigenvalue weighted by Crippen LogP contribution is -2.40. The Morgan fingerprint density at radius 1 is 1.17 bits per heavy atom. The first kappa shape index (κ1) is 13.5. The molecule has 1 N–H and O–H groups in total. The summed E-state index contributed by atoms with van der Waals surface area (Å²) in [7, 11) is 2.04. The molecule has 0 amide bonds. The minimum Gasteiger partial charge on any atom is -0.391 e. The molecule has 2 unspecified atom stereocenters. The van der Waals surface area contributed by atoms with Crippen molar-refractivity contribution >= 4 is 0 Å². The van der Waals surface area contributed by atoms with Gasteiger partial charge in [-0.1, -0.05) is 31.4 Å². The zero-order valence-corrected chi connectivity index (χ0v) is 11.0. The van der Waals surface area contributed by atoms with Gasteiger partial charge in [0.1, 0.15) is 5.82 Å². The van der Waals surface area contributed by atoms with E-state index in [2.05, 4.69) is 4.90 Å². The monoisotopic (exact) mass is 251 g/mol. The Balaban J connectivity index is 1.97. The topological polar surface area (TPSA) is 23.5 Å². The number of likely N-dealkylation sites (N-methyl/N-ethyl adjacent to an activating group) is 1. The molecule has 0 aromatic heterocycles. The first-order valence-electron chi connectivity index (χ1n) is 6.79. The van der Waals surface area contributed by atoms with E-state index in [0.29, 0.717) is 0 Å². The van der Waals surface area contributed by atoms with E-state index in [-0.39, 0.29) is 18.0 Å². The van der Waals surface area contributed by atoms with Gasteiger partial charge in [0.15, 0.2) is 0 Å². The highest BCUT2D eigenvalue weighted by atomic mass is 19.1. The average Bonchev–Trinajstić information content (AvgIpc) is 2.57. The third-order valence-electron chi connectivity index (χ3n) is 3.86. The number of hydrogen-bond acceptors (Lipinski definition) is 2. The van der Waals surface area contributed by atoms with Crippen molar-refractivity contribution in [1.29, 1.82) is 0 Å². The second kappa shape index (κ2) is 6.30. The minimum absolute atomic E-state index is 0.198. The van der Waals surface area contributed by atoms with Gasteiger partial charge in [-0.25, -0.2) is 4.39 Å². The molecule has 0 radical (unpaired) electrons. The van der Waals surface area contributed by atoms with Crippen LogP contribution in [0.25, 0.3) is 0 Å². The molecule has 18 heavy (non-hydrogen) atoms. The normalized spacial score (nSPS) is 25.1. The maximum atomic E-state index is 12.8. The average molecular weight is 251 g/mol. The third-order valence-corrected chi connectivity index (χ3v) is 3.86. The maximum Gasteiger partial charge on any atom is 0.123 e. The highest BCUT2D eigenvalue weighted by molar-refractivity contribution is 5.16. The molecule has 3 heteroatoms. The molecule has 2 nitrogen and oxygen atoms in total. The van der Waals surface area contributed by atoms with Crippen LogP contribution in [0.1, 0.15) is 37.7 Å². The summed E-state index contributed by atoms with van der Waals surface area (Å²) in [5.41, 5.74) is 1.09. The fraction of sp³-hybridized carbons (Fsp3) is 0.600. The summed E-state index contributed by atoms with van der Waals surface area (Å²) < 4.78 is 12.8. The third kappa shape index (κ3) is 3.53. The van der Waals surface area contributed by atoms with E-state index in [1.54, 1.807) is 0 Å². The fourth-order valence-corrected chi connectivity index (χ4v) is 2.78. The Morgan fingerprint density at radius 3 is 2.56 bits per heavy atom. The van der Waals surface area contributed by atoms with Crippen molar-refractivity contribution in [2.24, 2.45) is 0 Å². The van der Waals surface area contributed by atoms with Gasteiger partial charge in [0.05, 0.1) is 6.10 Å². The predicted molar refractivity (Wildman–Crippen MR) is 70.7 cm³/mol. The number of aliphatic hydroxyl groups is 1. The molecular formula is C15H22FNO. The summed E-state index contributed by atoms with van der Waals surface area (Å²) in [4.78, 5) is 2.20. The summed E-state index contributed by atoms with van der Waals surface area (Å²) in [6.45, 7) is 0.766. The van der Waals surface area contributed by atoms with Crippen molar-refractivity contribution in [2.45, 2.75) is 50.8 Å². The molecule has 100 valence electrons. The van der Waals surface area contributed by atoms with Crippen LogP contribution in [-0.4, -0.2) is 29.2 Å². The van der Waals surface area contributed by atoms with E-state index in [4.69, 9.17) is 0 Å². The van der Waals surface area contributed by atoms with Crippen LogP contribution < -0.4 is 0 Å². The van der Waals surface area contributed by atoms with Crippen molar-refractivity contribution < 1.29 is 9.50 Å². The summed E-state index contributed by atoms with van der Waals surface area (Å²) in [5, 5.41) is 10.1.